The molecule has 3 rings (SSSR count). The zero-order chi connectivity index (χ0) is 19.1. The van der Waals surface area contributed by atoms with Gasteiger partial charge in [-0.05, 0) is 74.7 Å². The van der Waals surface area contributed by atoms with Crippen molar-refractivity contribution in [2.75, 3.05) is 37.3 Å². The number of ether oxygens (including phenoxy) is 1. The Bertz CT molecular complexity index is 770. The fourth-order valence-electron chi connectivity index (χ4n) is 3.41. The summed E-state index contributed by atoms with van der Waals surface area (Å²) in [5.41, 5.74) is 9.49. The summed E-state index contributed by atoms with van der Waals surface area (Å²) in [6.07, 6.45) is 3.63. The third kappa shape index (κ3) is 5.73. The Kier molecular flexibility index (Phi) is 6.71. The van der Waals surface area contributed by atoms with E-state index in [0.29, 0.717) is 19.4 Å². The topological polar surface area (TPSA) is 67.6 Å². The Morgan fingerprint density at radius 1 is 1.19 bits per heavy atom. The number of nitrogens with two attached hydrogens (primary N) is 1. The second kappa shape index (κ2) is 9.42. The van der Waals surface area contributed by atoms with E-state index >= 15 is 0 Å². The molecule has 1 aliphatic heterocycles. The van der Waals surface area contributed by atoms with Crippen LogP contribution in [-0.2, 0) is 11.2 Å². The van der Waals surface area contributed by atoms with Crippen LogP contribution in [0.2, 0.25) is 0 Å². The molecule has 0 aliphatic carbocycles. The summed E-state index contributed by atoms with van der Waals surface area (Å²) in [4.78, 5) is 14.7. The molecule has 1 heterocycles. The maximum absolute atomic E-state index is 12.2. The van der Waals surface area contributed by atoms with Crippen molar-refractivity contribution in [1.82, 2.24) is 4.90 Å². The molecule has 0 saturated carbocycles. The number of hydrogen-bond donors (Lipinski definition) is 2. The van der Waals surface area contributed by atoms with Crippen molar-refractivity contribution < 1.29 is 9.53 Å². The molecule has 0 radical (unpaired) electrons. The summed E-state index contributed by atoms with van der Waals surface area (Å²) in [6.45, 7) is 6.04. The highest BCUT2D eigenvalue weighted by Crippen LogP contribution is 2.22. The number of carbonyl (C=O) groups excluding carboxylic acids is 1. The molecular formula is C22H29N3O2. The molecule has 0 atom stereocenters. The summed E-state index contributed by atoms with van der Waals surface area (Å²) in [5.74, 6) is 0.865. The van der Waals surface area contributed by atoms with Gasteiger partial charge in [0, 0.05) is 24.3 Å². The van der Waals surface area contributed by atoms with Crippen molar-refractivity contribution in [3.63, 3.8) is 0 Å². The molecule has 1 saturated heterocycles. The molecule has 0 aromatic heterocycles. The predicted octanol–water partition coefficient (Wildman–Crippen LogP) is 3.62. The number of para-hydroxylation sites is 1. The molecule has 27 heavy (non-hydrogen) atoms. The molecule has 0 bridgehead atoms. The number of nitrogens with one attached hydrogen (secondary N) is 1. The minimum Gasteiger partial charge on any atom is -0.492 e. The van der Waals surface area contributed by atoms with E-state index in [0.717, 1.165) is 34.8 Å². The van der Waals surface area contributed by atoms with Crippen molar-refractivity contribution in [3.8, 4) is 5.75 Å². The first-order valence-electron chi connectivity index (χ1n) is 9.71. The fourth-order valence-corrected chi connectivity index (χ4v) is 3.41. The molecule has 2 aromatic carbocycles. The number of hydrogen-bond acceptors (Lipinski definition) is 4. The van der Waals surface area contributed by atoms with Crippen LogP contribution in [0.1, 0.15) is 30.4 Å². The molecule has 5 nitrogen and oxygen atoms in total. The van der Waals surface area contributed by atoms with Crippen LogP contribution in [0.25, 0.3) is 0 Å². The number of rotatable bonds is 8. The van der Waals surface area contributed by atoms with E-state index in [-0.39, 0.29) is 5.91 Å². The van der Waals surface area contributed by atoms with E-state index in [2.05, 4.69) is 10.2 Å². The highest BCUT2D eigenvalue weighted by atomic mass is 16.5. The fraction of sp³-hybridized carbons (Fsp3) is 0.409. The van der Waals surface area contributed by atoms with Crippen molar-refractivity contribution in [1.29, 1.82) is 0 Å². The first-order chi connectivity index (χ1) is 13.1. The lowest BCUT2D eigenvalue weighted by Gasteiger charge is -2.16. The van der Waals surface area contributed by atoms with Gasteiger partial charge in [0.15, 0.2) is 0 Å². The Balaban J connectivity index is 1.46. The molecule has 0 unspecified atom stereocenters. The number of likely N-dealkylation sites (tertiary alicyclic amines) is 1. The van der Waals surface area contributed by atoms with Gasteiger partial charge in [-0.1, -0.05) is 18.2 Å². The lowest BCUT2D eigenvalue weighted by molar-refractivity contribution is -0.116. The van der Waals surface area contributed by atoms with Gasteiger partial charge >= 0.3 is 0 Å². The van der Waals surface area contributed by atoms with Crippen LogP contribution < -0.4 is 15.8 Å². The van der Waals surface area contributed by atoms with E-state index in [1.165, 1.54) is 25.9 Å². The highest BCUT2D eigenvalue weighted by Gasteiger charge is 2.11. The largest absolute Gasteiger partial charge is 0.492 e. The Hall–Kier alpha value is -2.53. The van der Waals surface area contributed by atoms with Crippen LogP contribution in [0.5, 0.6) is 5.75 Å². The lowest BCUT2D eigenvalue weighted by Crippen LogP contribution is -2.25. The molecule has 1 aliphatic rings. The minimum atomic E-state index is -0.0136. The lowest BCUT2D eigenvalue weighted by atomic mass is 10.1. The Labute approximate surface area is 161 Å². The van der Waals surface area contributed by atoms with Gasteiger partial charge in [-0.15, -0.1) is 0 Å². The van der Waals surface area contributed by atoms with E-state index in [1.54, 1.807) is 0 Å². The molecule has 1 fully saturated rings. The van der Waals surface area contributed by atoms with E-state index < -0.39 is 0 Å². The first-order valence-corrected chi connectivity index (χ1v) is 9.71. The van der Waals surface area contributed by atoms with E-state index in [4.69, 9.17) is 10.5 Å². The number of nitrogen functional groups attached to an aromatic ring is 1. The SMILES string of the molecule is Cc1cc(NC(=O)CCc2ccccc2N)ccc1OCCN1CCCC1. The van der Waals surface area contributed by atoms with Gasteiger partial charge in [0.1, 0.15) is 12.4 Å². The second-order valence-electron chi connectivity index (χ2n) is 7.12. The average Bonchev–Trinajstić information content (AvgIpc) is 3.16. The summed E-state index contributed by atoms with van der Waals surface area (Å²) >= 11 is 0. The number of nitrogens with zero attached hydrogens (tertiary/aromatic N) is 1. The van der Waals surface area contributed by atoms with Gasteiger partial charge in [-0.25, -0.2) is 0 Å². The smallest absolute Gasteiger partial charge is 0.224 e. The summed E-state index contributed by atoms with van der Waals surface area (Å²) in [6, 6.07) is 13.4. The van der Waals surface area contributed by atoms with Crippen molar-refractivity contribution in [2.45, 2.75) is 32.6 Å². The zero-order valence-electron chi connectivity index (χ0n) is 16.0. The Morgan fingerprint density at radius 2 is 1.96 bits per heavy atom. The Morgan fingerprint density at radius 3 is 2.70 bits per heavy atom. The maximum Gasteiger partial charge on any atom is 0.224 e. The summed E-state index contributed by atoms with van der Waals surface area (Å²) in [5, 5.41) is 2.96. The van der Waals surface area contributed by atoms with Crippen LogP contribution >= 0.6 is 0 Å². The molecule has 2 aromatic rings. The van der Waals surface area contributed by atoms with Gasteiger partial charge in [0.05, 0.1) is 0 Å². The number of benzene rings is 2. The summed E-state index contributed by atoms with van der Waals surface area (Å²) in [7, 11) is 0. The number of carbonyl (C=O) groups is 1. The molecule has 144 valence electrons. The minimum absolute atomic E-state index is 0.0136. The monoisotopic (exact) mass is 367 g/mol. The normalized spacial score (nSPS) is 14.3. The molecule has 0 spiro atoms. The van der Waals surface area contributed by atoms with Crippen molar-refractivity contribution >= 4 is 17.3 Å². The number of aryl methyl sites for hydroxylation is 2. The molecule has 1 amide bonds. The predicted molar refractivity (Wildman–Crippen MR) is 110 cm³/mol. The second-order valence-corrected chi connectivity index (χ2v) is 7.12. The molecular weight excluding hydrogens is 338 g/mol. The van der Waals surface area contributed by atoms with Crippen LogP contribution in [0.15, 0.2) is 42.5 Å². The quantitative estimate of drug-likeness (QED) is 0.699. The van der Waals surface area contributed by atoms with Crippen LogP contribution in [0, 0.1) is 6.92 Å². The molecule has 5 heteroatoms. The van der Waals surface area contributed by atoms with Gasteiger partial charge < -0.3 is 15.8 Å². The van der Waals surface area contributed by atoms with Gasteiger partial charge in [0.2, 0.25) is 5.91 Å². The van der Waals surface area contributed by atoms with Crippen molar-refractivity contribution in [2.24, 2.45) is 0 Å². The van der Waals surface area contributed by atoms with E-state index in [9.17, 15) is 4.79 Å². The number of amides is 1. The van der Waals surface area contributed by atoms with Crippen molar-refractivity contribution in [3.05, 3.63) is 53.6 Å². The zero-order valence-corrected chi connectivity index (χ0v) is 16.0. The third-order valence-corrected chi connectivity index (χ3v) is 5.00. The van der Waals surface area contributed by atoms with Gasteiger partial charge in [-0.2, -0.15) is 0 Å². The van der Waals surface area contributed by atoms with E-state index in [1.807, 2.05) is 49.4 Å². The highest BCUT2D eigenvalue weighted by molar-refractivity contribution is 5.91. The van der Waals surface area contributed by atoms with Gasteiger partial charge in [0.25, 0.3) is 0 Å². The molecule has 3 N–H and O–H groups in total. The van der Waals surface area contributed by atoms with Crippen LogP contribution in [-0.4, -0.2) is 37.0 Å². The average molecular weight is 367 g/mol. The standard InChI is InChI=1S/C22H29N3O2/c1-17-16-19(9-10-21(17)27-15-14-25-12-4-5-13-25)24-22(26)11-8-18-6-2-3-7-20(18)23/h2-3,6-7,9-10,16H,4-5,8,11-15,23H2,1H3,(H,24,26). The summed E-state index contributed by atoms with van der Waals surface area (Å²) < 4.78 is 5.91. The van der Waals surface area contributed by atoms with Gasteiger partial charge in [-0.3, -0.25) is 9.69 Å². The third-order valence-electron chi connectivity index (χ3n) is 5.00. The maximum atomic E-state index is 12.2. The van der Waals surface area contributed by atoms with Crippen LogP contribution in [0.3, 0.4) is 0 Å². The van der Waals surface area contributed by atoms with Crippen LogP contribution in [0.4, 0.5) is 11.4 Å². The number of anilines is 2. The first kappa shape index (κ1) is 19.2.